The van der Waals surface area contributed by atoms with Gasteiger partial charge < -0.3 is 14.8 Å². The number of hydrogen-bond donors (Lipinski definition) is 3. The normalized spacial score (nSPS) is 19.2. The molecule has 0 aliphatic carbocycles. The Bertz CT molecular complexity index is 767. The van der Waals surface area contributed by atoms with E-state index in [1.807, 2.05) is 42.5 Å². The van der Waals surface area contributed by atoms with Crippen LogP contribution >= 0.6 is 15.9 Å². The maximum absolute atomic E-state index is 12.5. The molecule has 1 aliphatic heterocycles. The van der Waals surface area contributed by atoms with Crippen LogP contribution in [-0.2, 0) is 11.3 Å². The molecular weight excluding hydrogens is 398 g/mol. The molecule has 2 unspecified atom stereocenters. The number of amides is 1. The Labute approximate surface area is 161 Å². The SMILES string of the molecule is COc1ccc(CNC(=O)C2CC(c3ccc(Br)cc3)NN2)cc1OC. The zero-order valence-electron chi connectivity index (χ0n) is 14.7. The zero-order valence-corrected chi connectivity index (χ0v) is 16.3. The summed E-state index contributed by atoms with van der Waals surface area (Å²) in [5.74, 6) is 1.28. The van der Waals surface area contributed by atoms with Gasteiger partial charge in [-0.3, -0.25) is 4.79 Å². The van der Waals surface area contributed by atoms with Gasteiger partial charge in [0.05, 0.1) is 14.2 Å². The molecule has 2 atom stereocenters. The smallest absolute Gasteiger partial charge is 0.238 e. The van der Waals surface area contributed by atoms with Crippen molar-refractivity contribution >= 4 is 21.8 Å². The van der Waals surface area contributed by atoms with Gasteiger partial charge in [-0.1, -0.05) is 34.1 Å². The maximum atomic E-state index is 12.5. The second-order valence-electron chi connectivity index (χ2n) is 6.09. The fraction of sp³-hybridized carbons (Fsp3) is 0.316. The highest BCUT2D eigenvalue weighted by Crippen LogP contribution is 2.27. The number of ether oxygens (including phenoxy) is 2. The van der Waals surface area contributed by atoms with E-state index in [1.165, 1.54) is 0 Å². The van der Waals surface area contributed by atoms with Gasteiger partial charge in [-0.05, 0) is 41.8 Å². The van der Waals surface area contributed by atoms with E-state index in [2.05, 4.69) is 32.1 Å². The Morgan fingerprint density at radius 3 is 2.54 bits per heavy atom. The number of methoxy groups -OCH3 is 2. The van der Waals surface area contributed by atoms with Gasteiger partial charge in [-0.15, -0.1) is 0 Å². The topological polar surface area (TPSA) is 71.6 Å². The number of carbonyl (C=O) groups is 1. The van der Waals surface area contributed by atoms with Crippen LogP contribution in [0.4, 0.5) is 0 Å². The van der Waals surface area contributed by atoms with E-state index in [4.69, 9.17) is 9.47 Å². The van der Waals surface area contributed by atoms with Crippen molar-refractivity contribution in [2.24, 2.45) is 0 Å². The number of hydrogen-bond acceptors (Lipinski definition) is 5. The van der Waals surface area contributed by atoms with E-state index < -0.39 is 0 Å². The molecule has 0 spiro atoms. The molecule has 3 rings (SSSR count). The van der Waals surface area contributed by atoms with Crippen molar-refractivity contribution in [3.63, 3.8) is 0 Å². The number of halogens is 1. The van der Waals surface area contributed by atoms with Gasteiger partial charge in [-0.2, -0.15) is 0 Å². The zero-order chi connectivity index (χ0) is 18.5. The molecule has 1 fully saturated rings. The average Bonchev–Trinajstić information content (AvgIpc) is 3.16. The van der Waals surface area contributed by atoms with Gasteiger partial charge in [0, 0.05) is 17.1 Å². The Balaban J connectivity index is 1.55. The summed E-state index contributed by atoms with van der Waals surface area (Å²) in [5.41, 5.74) is 8.37. The first kappa shape index (κ1) is 18.7. The first-order valence-corrected chi connectivity index (χ1v) is 9.15. The monoisotopic (exact) mass is 419 g/mol. The Morgan fingerprint density at radius 1 is 1.12 bits per heavy atom. The molecule has 0 radical (unpaired) electrons. The van der Waals surface area contributed by atoms with Gasteiger partial charge in [0.25, 0.3) is 0 Å². The minimum atomic E-state index is -0.274. The molecule has 1 amide bonds. The molecule has 6 nitrogen and oxygen atoms in total. The van der Waals surface area contributed by atoms with Crippen molar-refractivity contribution < 1.29 is 14.3 Å². The number of benzene rings is 2. The minimum Gasteiger partial charge on any atom is -0.493 e. The van der Waals surface area contributed by atoms with Crippen LogP contribution < -0.4 is 25.6 Å². The summed E-state index contributed by atoms with van der Waals surface area (Å²) in [6, 6.07) is 13.5. The number of nitrogens with one attached hydrogen (secondary N) is 3. The number of carbonyl (C=O) groups excluding carboxylic acids is 1. The highest BCUT2D eigenvalue weighted by atomic mass is 79.9. The van der Waals surface area contributed by atoms with E-state index in [-0.39, 0.29) is 18.0 Å². The lowest BCUT2D eigenvalue weighted by Crippen LogP contribution is -2.42. The predicted octanol–water partition coefficient (Wildman–Crippen LogP) is 2.69. The van der Waals surface area contributed by atoms with Gasteiger partial charge in [0.2, 0.25) is 5.91 Å². The van der Waals surface area contributed by atoms with Crippen LogP contribution in [0.2, 0.25) is 0 Å². The van der Waals surface area contributed by atoms with Gasteiger partial charge in [0.1, 0.15) is 6.04 Å². The minimum absolute atomic E-state index is 0.0353. The molecule has 1 saturated heterocycles. The second kappa shape index (κ2) is 8.53. The molecule has 2 aromatic carbocycles. The first-order chi connectivity index (χ1) is 12.6. The van der Waals surface area contributed by atoms with E-state index >= 15 is 0 Å². The van der Waals surface area contributed by atoms with Crippen molar-refractivity contribution in [2.45, 2.75) is 25.0 Å². The highest BCUT2D eigenvalue weighted by Gasteiger charge is 2.29. The van der Waals surface area contributed by atoms with E-state index in [0.29, 0.717) is 24.5 Å². The molecule has 1 heterocycles. The molecule has 26 heavy (non-hydrogen) atoms. The first-order valence-electron chi connectivity index (χ1n) is 8.36. The van der Waals surface area contributed by atoms with Crippen LogP contribution in [0.25, 0.3) is 0 Å². The lowest BCUT2D eigenvalue weighted by atomic mass is 10.0. The molecule has 138 valence electrons. The average molecular weight is 420 g/mol. The number of rotatable bonds is 6. The van der Waals surface area contributed by atoms with Gasteiger partial charge in [0.15, 0.2) is 11.5 Å². The summed E-state index contributed by atoms with van der Waals surface area (Å²) in [6.45, 7) is 0.431. The van der Waals surface area contributed by atoms with Crippen molar-refractivity contribution in [1.29, 1.82) is 0 Å². The second-order valence-corrected chi connectivity index (χ2v) is 7.00. The molecule has 7 heteroatoms. The standard InChI is InChI=1S/C19H22BrN3O3/c1-25-17-8-3-12(9-18(17)26-2)11-21-19(24)16-10-15(22-23-16)13-4-6-14(20)7-5-13/h3-9,15-16,22-23H,10-11H2,1-2H3,(H,21,24). The molecule has 3 N–H and O–H groups in total. The summed E-state index contributed by atoms with van der Waals surface area (Å²) in [4.78, 5) is 12.5. The lowest BCUT2D eigenvalue weighted by Gasteiger charge is -2.13. The van der Waals surface area contributed by atoms with Crippen molar-refractivity contribution in [2.75, 3.05) is 14.2 Å². The molecule has 0 aromatic heterocycles. The van der Waals surface area contributed by atoms with Gasteiger partial charge in [-0.25, -0.2) is 10.9 Å². The third-order valence-corrected chi connectivity index (χ3v) is 4.94. The van der Waals surface area contributed by atoms with Crippen LogP contribution in [0.5, 0.6) is 11.5 Å². The third kappa shape index (κ3) is 4.35. The van der Waals surface area contributed by atoms with Crippen LogP contribution in [-0.4, -0.2) is 26.2 Å². The molecule has 0 bridgehead atoms. The molecule has 2 aromatic rings. The van der Waals surface area contributed by atoms with E-state index in [0.717, 1.165) is 15.6 Å². The Kier molecular flexibility index (Phi) is 6.13. The van der Waals surface area contributed by atoms with Crippen molar-refractivity contribution in [3.05, 3.63) is 58.1 Å². The van der Waals surface area contributed by atoms with Crippen LogP contribution in [0.3, 0.4) is 0 Å². The van der Waals surface area contributed by atoms with E-state index in [1.54, 1.807) is 14.2 Å². The number of hydrazine groups is 1. The molecular formula is C19H22BrN3O3. The van der Waals surface area contributed by atoms with Gasteiger partial charge >= 0.3 is 0 Å². The predicted molar refractivity (Wildman–Crippen MR) is 103 cm³/mol. The fourth-order valence-corrected chi connectivity index (χ4v) is 3.21. The summed E-state index contributed by atoms with van der Waals surface area (Å²) in [7, 11) is 3.19. The fourth-order valence-electron chi connectivity index (χ4n) is 2.94. The highest BCUT2D eigenvalue weighted by molar-refractivity contribution is 9.10. The largest absolute Gasteiger partial charge is 0.493 e. The third-order valence-electron chi connectivity index (χ3n) is 4.41. The molecule has 0 saturated carbocycles. The summed E-state index contributed by atoms with van der Waals surface area (Å²) in [5, 5.41) is 2.97. The van der Waals surface area contributed by atoms with Crippen LogP contribution in [0.1, 0.15) is 23.6 Å². The maximum Gasteiger partial charge on any atom is 0.238 e. The summed E-state index contributed by atoms with van der Waals surface area (Å²) >= 11 is 3.43. The van der Waals surface area contributed by atoms with Crippen LogP contribution in [0, 0.1) is 0 Å². The summed E-state index contributed by atoms with van der Waals surface area (Å²) in [6.07, 6.45) is 0.694. The van der Waals surface area contributed by atoms with Crippen molar-refractivity contribution in [3.8, 4) is 11.5 Å². The quantitative estimate of drug-likeness (QED) is 0.671. The van der Waals surface area contributed by atoms with E-state index in [9.17, 15) is 4.79 Å². The lowest BCUT2D eigenvalue weighted by molar-refractivity contribution is -0.123. The summed E-state index contributed by atoms with van der Waals surface area (Å²) < 4.78 is 11.6. The van der Waals surface area contributed by atoms with Crippen molar-refractivity contribution in [1.82, 2.24) is 16.2 Å². The van der Waals surface area contributed by atoms with Crippen LogP contribution in [0.15, 0.2) is 46.9 Å². The Hall–Kier alpha value is -2.09. The Morgan fingerprint density at radius 2 is 1.85 bits per heavy atom. The molecule has 1 aliphatic rings.